The van der Waals surface area contributed by atoms with E-state index >= 15 is 0 Å². The predicted molar refractivity (Wildman–Crippen MR) is 136 cm³/mol. The van der Waals surface area contributed by atoms with Gasteiger partial charge < -0.3 is 5.32 Å². The van der Waals surface area contributed by atoms with Gasteiger partial charge >= 0.3 is 6.18 Å². The highest BCUT2D eigenvalue weighted by atomic mass is 79.9. The van der Waals surface area contributed by atoms with Gasteiger partial charge in [-0.2, -0.15) is 18.3 Å². The van der Waals surface area contributed by atoms with Crippen LogP contribution in [0.4, 0.5) is 18.9 Å². The zero-order valence-electron chi connectivity index (χ0n) is 18.1. The Morgan fingerprint density at radius 2 is 1.81 bits per heavy atom. The van der Waals surface area contributed by atoms with Crippen molar-refractivity contribution in [3.05, 3.63) is 104 Å². The highest BCUT2D eigenvalue weighted by Gasteiger charge is 2.34. The van der Waals surface area contributed by atoms with E-state index in [-0.39, 0.29) is 34.0 Å². The van der Waals surface area contributed by atoms with Crippen molar-refractivity contribution in [3.63, 3.8) is 0 Å². The first-order valence-corrected chi connectivity index (χ1v) is 12.0. The zero-order chi connectivity index (χ0) is 26.0. The van der Waals surface area contributed by atoms with Crippen LogP contribution in [0.3, 0.4) is 0 Å². The number of nitrogens with zero attached hydrogens (tertiary/aromatic N) is 1. The SMILES string of the molecule is O=C(Nc1ccc(Br)cc1C(=O)c1c[nH]nc1-c1ccc(Cl)c(C(F)(F)F)c1)c1cccc(CCl)c1. The van der Waals surface area contributed by atoms with Gasteiger partial charge in [0.25, 0.3) is 5.91 Å². The molecule has 4 aromatic rings. The number of hydrogen-bond acceptors (Lipinski definition) is 3. The number of halogens is 6. The van der Waals surface area contributed by atoms with Gasteiger partial charge in [0, 0.05) is 33.2 Å². The molecule has 2 N–H and O–H groups in total. The number of anilines is 1. The number of hydrogen-bond donors (Lipinski definition) is 2. The van der Waals surface area contributed by atoms with Gasteiger partial charge in [0.15, 0.2) is 5.78 Å². The van der Waals surface area contributed by atoms with Crippen LogP contribution in [0.25, 0.3) is 11.3 Å². The molecule has 1 aromatic heterocycles. The van der Waals surface area contributed by atoms with E-state index in [2.05, 4.69) is 31.4 Å². The minimum Gasteiger partial charge on any atom is -0.321 e. The average Bonchev–Trinajstić information content (AvgIpc) is 3.34. The number of aromatic nitrogens is 2. The number of benzene rings is 3. The molecule has 0 aliphatic heterocycles. The minimum atomic E-state index is -4.68. The molecule has 5 nitrogen and oxygen atoms in total. The number of alkyl halides is 4. The molecule has 1 amide bonds. The molecule has 0 unspecified atom stereocenters. The van der Waals surface area contributed by atoms with Crippen LogP contribution in [-0.2, 0) is 12.1 Å². The molecule has 184 valence electrons. The van der Waals surface area contributed by atoms with Crippen molar-refractivity contribution in [2.24, 2.45) is 0 Å². The first-order valence-electron chi connectivity index (χ1n) is 10.3. The number of aromatic amines is 1. The molecule has 0 spiro atoms. The lowest BCUT2D eigenvalue weighted by Gasteiger charge is -2.13. The summed E-state index contributed by atoms with van der Waals surface area (Å²) in [6, 6.07) is 14.7. The molecule has 11 heteroatoms. The van der Waals surface area contributed by atoms with E-state index in [1.165, 1.54) is 18.3 Å². The maximum Gasteiger partial charge on any atom is 0.417 e. The molecule has 36 heavy (non-hydrogen) atoms. The van der Waals surface area contributed by atoms with Crippen LogP contribution < -0.4 is 5.32 Å². The molecule has 3 aromatic carbocycles. The number of nitrogens with one attached hydrogen (secondary N) is 2. The van der Waals surface area contributed by atoms with Gasteiger partial charge in [0.2, 0.25) is 0 Å². The molecule has 0 bridgehead atoms. The Morgan fingerprint density at radius 1 is 1.03 bits per heavy atom. The molecular weight excluding hydrogens is 582 g/mol. The normalized spacial score (nSPS) is 11.4. The summed E-state index contributed by atoms with van der Waals surface area (Å²) in [5.74, 6) is -0.792. The lowest BCUT2D eigenvalue weighted by Crippen LogP contribution is -2.15. The van der Waals surface area contributed by atoms with Crippen molar-refractivity contribution in [2.45, 2.75) is 12.1 Å². The number of H-pyrrole nitrogens is 1. The molecule has 1 heterocycles. The smallest absolute Gasteiger partial charge is 0.321 e. The van der Waals surface area contributed by atoms with Gasteiger partial charge in [0.05, 0.1) is 21.8 Å². The summed E-state index contributed by atoms with van der Waals surface area (Å²) in [5.41, 5.74) is 0.451. The third kappa shape index (κ3) is 5.48. The maximum atomic E-state index is 13.5. The topological polar surface area (TPSA) is 74.8 Å². The second kappa shape index (κ2) is 10.5. The van der Waals surface area contributed by atoms with E-state index in [1.807, 2.05) is 0 Å². The fraction of sp³-hybridized carbons (Fsp3) is 0.0800. The summed E-state index contributed by atoms with van der Waals surface area (Å²) in [7, 11) is 0. The average molecular weight is 597 g/mol. The van der Waals surface area contributed by atoms with Crippen molar-refractivity contribution in [2.75, 3.05) is 5.32 Å². The van der Waals surface area contributed by atoms with E-state index in [4.69, 9.17) is 23.2 Å². The van der Waals surface area contributed by atoms with E-state index < -0.39 is 28.5 Å². The standard InChI is InChI=1S/C25H15BrCl2F3N3O2/c26-16-5-7-21(33-24(36)15-3-1-2-13(8-15)11-27)17(10-16)23(35)18-12-32-34-22(18)14-4-6-20(28)19(9-14)25(29,30)31/h1-10,12H,11H2,(H,32,34)(H,33,36). The summed E-state index contributed by atoms with van der Waals surface area (Å²) in [6.07, 6.45) is -3.40. The first-order chi connectivity index (χ1) is 17.1. The van der Waals surface area contributed by atoms with Crippen molar-refractivity contribution in [1.82, 2.24) is 10.2 Å². The van der Waals surface area contributed by atoms with E-state index in [0.29, 0.717) is 10.0 Å². The van der Waals surface area contributed by atoms with Crippen LogP contribution in [0.15, 0.2) is 71.3 Å². The number of amides is 1. The van der Waals surface area contributed by atoms with Crippen molar-refractivity contribution >= 4 is 56.5 Å². The summed E-state index contributed by atoms with van der Waals surface area (Å²) in [5, 5.41) is 8.79. The third-order valence-corrected chi connectivity index (χ3v) is 6.38. The first kappa shape index (κ1) is 25.9. The molecule has 4 rings (SSSR count). The van der Waals surface area contributed by atoms with Gasteiger partial charge in [-0.1, -0.05) is 45.7 Å². The third-order valence-electron chi connectivity index (χ3n) is 5.25. The number of carbonyl (C=O) groups is 2. The molecule has 0 atom stereocenters. The minimum absolute atomic E-state index is 0.00855. The highest BCUT2D eigenvalue weighted by molar-refractivity contribution is 9.10. The van der Waals surface area contributed by atoms with Crippen molar-refractivity contribution < 1.29 is 22.8 Å². The highest BCUT2D eigenvalue weighted by Crippen LogP contribution is 2.38. The van der Waals surface area contributed by atoms with Crippen LogP contribution in [0, 0.1) is 0 Å². The second-order valence-electron chi connectivity index (χ2n) is 7.65. The molecule has 0 fully saturated rings. The van der Waals surface area contributed by atoms with Gasteiger partial charge in [-0.05, 0) is 48.0 Å². The van der Waals surface area contributed by atoms with Gasteiger partial charge in [-0.3, -0.25) is 14.7 Å². The van der Waals surface area contributed by atoms with E-state index in [1.54, 1.807) is 36.4 Å². The lowest BCUT2D eigenvalue weighted by molar-refractivity contribution is -0.137. The Hall–Kier alpha value is -3.14. The Kier molecular flexibility index (Phi) is 7.54. The fourth-order valence-electron chi connectivity index (χ4n) is 3.52. The van der Waals surface area contributed by atoms with Crippen LogP contribution >= 0.6 is 39.1 Å². The summed E-state index contributed by atoms with van der Waals surface area (Å²) < 4.78 is 40.7. The van der Waals surface area contributed by atoms with E-state index in [0.717, 1.165) is 17.7 Å². The van der Waals surface area contributed by atoms with Gasteiger partial charge in [0.1, 0.15) is 5.69 Å². The zero-order valence-corrected chi connectivity index (χ0v) is 21.2. The van der Waals surface area contributed by atoms with Crippen molar-refractivity contribution in [3.8, 4) is 11.3 Å². The van der Waals surface area contributed by atoms with Crippen molar-refractivity contribution in [1.29, 1.82) is 0 Å². The summed E-state index contributed by atoms with van der Waals surface area (Å²) >= 11 is 14.9. The van der Waals surface area contributed by atoms with Crippen LogP contribution in [0.1, 0.15) is 37.4 Å². The van der Waals surface area contributed by atoms with Gasteiger partial charge in [-0.25, -0.2) is 0 Å². The molecule has 0 aliphatic carbocycles. The van der Waals surface area contributed by atoms with E-state index in [9.17, 15) is 22.8 Å². The molecular formula is C25H15BrCl2F3N3O2. The fourth-order valence-corrected chi connectivity index (χ4v) is 4.27. The number of carbonyl (C=O) groups excluding carboxylic acids is 2. The monoisotopic (exact) mass is 595 g/mol. The Bertz CT molecular complexity index is 1470. The largest absolute Gasteiger partial charge is 0.417 e. The number of ketones is 1. The second-order valence-corrected chi connectivity index (χ2v) is 9.24. The van der Waals surface area contributed by atoms with Crippen LogP contribution in [0.2, 0.25) is 5.02 Å². The summed E-state index contributed by atoms with van der Waals surface area (Å²) in [6.45, 7) is 0. The summed E-state index contributed by atoms with van der Waals surface area (Å²) in [4.78, 5) is 26.4. The number of rotatable bonds is 6. The maximum absolute atomic E-state index is 13.5. The van der Waals surface area contributed by atoms with Crippen LogP contribution in [0.5, 0.6) is 0 Å². The molecule has 0 saturated heterocycles. The lowest BCUT2D eigenvalue weighted by atomic mass is 9.98. The molecule has 0 saturated carbocycles. The quantitative estimate of drug-likeness (QED) is 0.177. The Morgan fingerprint density at radius 3 is 2.53 bits per heavy atom. The molecule has 0 aliphatic rings. The van der Waals surface area contributed by atoms with Crippen LogP contribution in [-0.4, -0.2) is 21.9 Å². The Balaban J connectivity index is 1.71. The molecule has 0 radical (unpaired) electrons. The van der Waals surface area contributed by atoms with Gasteiger partial charge in [-0.15, -0.1) is 11.6 Å². The Labute approximate surface area is 221 Å². The predicted octanol–water partition coefficient (Wildman–Crippen LogP) is 7.73.